The van der Waals surface area contributed by atoms with Crippen LogP contribution in [0, 0.1) is 0 Å². The third-order valence-corrected chi connectivity index (χ3v) is 6.79. The van der Waals surface area contributed by atoms with Gasteiger partial charge < -0.3 is 29.6 Å². The van der Waals surface area contributed by atoms with Crippen molar-refractivity contribution in [2.75, 3.05) is 39.1 Å². The second kappa shape index (κ2) is 10.9. The Labute approximate surface area is 221 Å². The molecule has 5 rings (SSSR count). The first-order valence-electron chi connectivity index (χ1n) is 12.5. The van der Waals surface area contributed by atoms with Crippen molar-refractivity contribution in [1.82, 2.24) is 4.98 Å². The van der Waals surface area contributed by atoms with Crippen LogP contribution in [0.1, 0.15) is 34.5 Å². The van der Waals surface area contributed by atoms with E-state index >= 15 is 0 Å². The Morgan fingerprint density at radius 1 is 0.763 bits per heavy atom. The third-order valence-electron chi connectivity index (χ3n) is 6.79. The van der Waals surface area contributed by atoms with Gasteiger partial charge in [0.15, 0.2) is 11.5 Å². The number of carbonyl (C=O) groups is 1. The van der Waals surface area contributed by atoms with E-state index in [0.29, 0.717) is 34.2 Å². The predicted molar refractivity (Wildman–Crippen MR) is 149 cm³/mol. The van der Waals surface area contributed by atoms with Gasteiger partial charge in [-0.3, -0.25) is 9.78 Å². The van der Waals surface area contributed by atoms with E-state index in [-0.39, 0.29) is 5.91 Å². The Bertz CT molecular complexity index is 1480. The number of aryl methyl sites for hydroxylation is 1. The summed E-state index contributed by atoms with van der Waals surface area (Å²) >= 11 is 0. The molecule has 0 radical (unpaired) electrons. The lowest BCUT2D eigenvalue weighted by Crippen LogP contribution is -2.13. The number of nitrogens with one attached hydrogen (secondary N) is 2. The minimum Gasteiger partial charge on any atom is -0.497 e. The highest BCUT2D eigenvalue weighted by Crippen LogP contribution is 2.38. The Hall–Kier alpha value is -4.46. The van der Waals surface area contributed by atoms with Gasteiger partial charge in [-0.05, 0) is 73.7 Å². The highest BCUT2D eigenvalue weighted by atomic mass is 16.5. The second-order valence-corrected chi connectivity index (χ2v) is 9.10. The molecule has 0 unspecified atom stereocenters. The van der Waals surface area contributed by atoms with Crippen molar-refractivity contribution in [3.05, 3.63) is 71.4 Å². The molecule has 4 aromatic rings. The summed E-state index contributed by atoms with van der Waals surface area (Å²) in [5.74, 6) is 2.14. The molecule has 8 nitrogen and oxygen atoms in total. The fourth-order valence-electron chi connectivity index (χ4n) is 4.84. The molecule has 0 saturated heterocycles. The van der Waals surface area contributed by atoms with Gasteiger partial charge in [-0.25, -0.2) is 0 Å². The Kier molecular flexibility index (Phi) is 7.22. The molecule has 1 aliphatic carbocycles. The van der Waals surface area contributed by atoms with Crippen molar-refractivity contribution in [3.63, 3.8) is 0 Å². The van der Waals surface area contributed by atoms with E-state index in [1.807, 2.05) is 36.4 Å². The zero-order chi connectivity index (χ0) is 26.6. The molecule has 38 heavy (non-hydrogen) atoms. The monoisotopic (exact) mass is 513 g/mol. The zero-order valence-electron chi connectivity index (χ0n) is 22.0. The van der Waals surface area contributed by atoms with Crippen LogP contribution in [-0.2, 0) is 12.8 Å². The molecule has 0 bridgehead atoms. The Balaban J connectivity index is 1.54. The largest absolute Gasteiger partial charge is 0.497 e. The van der Waals surface area contributed by atoms with Crippen molar-refractivity contribution in [1.29, 1.82) is 0 Å². The van der Waals surface area contributed by atoms with Crippen LogP contribution in [0.2, 0.25) is 0 Å². The number of aromatic nitrogens is 1. The van der Waals surface area contributed by atoms with Gasteiger partial charge in [0.05, 0.1) is 39.6 Å². The minimum absolute atomic E-state index is 0.262. The summed E-state index contributed by atoms with van der Waals surface area (Å²) in [6.45, 7) is 0. The van der Waals surface area contributed by atoms with Crippen LogP contribution in [0.3, 0.4) is 0 Å². The normalized spacial score (nSPS) is 12.4. The van der Waals surface area contributed by atoms with E-state index < -0.39 is 0 Å². The average Bonchev–Trinajstić information content (AvgIpc) is 2.96. The first-order chi connectivity index (χ1) is 18.5. The number of nitrogens with zero attached hydrogens (tertiary/aromatic N) is 1. The first-order valence-corrected chi connectivity index (χ1v) is 12.5. The molecule has 1 aromatic heterocycles. The molecule has 3 aromatic carbocycles. The molecule has 0 aliphatic heterocycles. The lowest BCUT2D eigenvalue weighted by molar-refractivity contribution is 0.102. The number of pyridine rings is 1. The lowest BCUT2D eigenvalue weighted by atomic mass is 9.92. The summed E-state index contributed by atoms with van der Waals surface area (Å²) in [6.07, 6.45) is 4.12. The molecule has 1 aliphatic rings. The number of anilines is 3. The number of fused-ring (bicyclic) bond motifs is 2. The van der Waals surface area contributed by atoms with Gasteiger partial charge in [-0.1, -0.05) is 0 Å². The quantitative estimate of drug-likeness (QED) is 0.292. The summed E-state index contributed by atoms with van der Waals surface area (Å²) in [4.78, 5) is 18.1. The van der Waals surface area contributed by atoms with Gasteiger partial charge in [0.2, 0.25) is 0 Å². The van der Waals surface area contributed by atoms with Crippen molar-refractivity contribution < 1.29 is 23.7 Å². The molecule has 0 atom stereocenters. The van der Waals surface area contributed by atoms with Crippen molar-refractivity contribution in [2.45, 2.75) is 25.7 Å². The van der Waals surface area contributed by atoms with E-state index in [4.69, 9.17) is 23.9 Å². The Morgan fingerprint density at radius 2 is 1.47 bits per heavy atom. The Morgan fingerprint density at radius 3 is 2.18 bits per heavy atom. The highest BCUT2D eigenvalue weighted by Gasteiger charge is 2.20. The van der Waals surface area contributed by atoms with Crippen molar-refractivity contribution in [2.24, 2.45) is 0 Å². The molecule has 8 heteroatoms. The summed E-state index contributed by atoms with van der Waals surface area (Å²) in [7, 11) is 6.36. The number of ether oxygens (including phenoxy) is 4. The van der Waals surface area contributed by atoms with Crippen LogP contribution in [0.25, 0.3) is 10.9 Å². The van der Waals surface area contributed by atoms with Crippen LogP contribution in [0.5, 0.6) is 23.0 Å². The summed E-state index contributed by atoms with van der Waals surface area (Å²) in [5.41, 5.74) is 6.17. The SMILES string of the molecule is COc1cc(OC)cc(C(=O)Nc2ccc3nc4c(c(Nc5ccc(OC)c(OC)c5)c3c2)CCCC4)c1. The molecular formula is C30H31N3O5. The van der Waals surface area contributed by atoms with E-state index in [1.165, 1.54) is 5.56 Å². The highest BCUT2D eigenvalue weighted by molar-refractivity contribution is 6.06. The lowest BCUT2D eigenvalue weighted by Gasteiger charge is -2.22. The van der Waals surface area contributed by atoms with Crippen LogP contribution in [-0.4, -0.2) is 39.3 Å². The smallest absolute Gasteiger partial charge is 0.255 e. The maximum Gasteiger partial charge on any atom is 0.255 e. The van der Waals surface area contributed by atoms with Crippen molar-refractivity contribution >= 4 is 33.9 Å². The fraction of sp³-hybridized carbons (Fsp3) is 0.267. The molecule has 1 heterocycles. The van der Waals surface area contributed by atoms with Gasteiger partial charge in [-0.2, -0.15) is 0 Å². The van der Waals surface area contributed by atoms with Crippen LogP contribution in [0.15, 0.2) is 54.6 Å². The van der Waals surface area contributed by atoms with E-state index in [2.05, 4.69) is 10.6 Å². The van der Waals surface area contributed by atoms with Crippen molar-refractivity contribution in [3.8, 4) is 23.0 Å². The van der Waals surface area contributed by atoms with Crippen LogP contribution in [0.4, 0.5) is 17.1 Å². The summed E-state index contributed by atoms with van der Waals surface area (Å²) < 4.78 is 21.5. The molecular weight excluding hydrogens is 482 g/mol. The average molecular weight is 514 g/mol. The number of carbonyl (C=O) groups excluding carboxylic acids is 1. The number of rotatable bonds is 8. The standard InChI is InChI=1S/C30H31N3O5/c1-35-21-13-18(14-22(17-21)36-2)30(34)32-19-9-11-26-24(15-19)29(23-7-5-6-8-25(23)33-26)31-20-10-12-27(37-3)28(16-20)38-4/h9-17H,5-8H2,1-4H3,(H,31,33)(H,32,34). The fourth-order valence-corrected chi connectivity index (χ4v) is 4.84. The van der Waals surface area contributed by atoms with E-state index in [1.54, 1.807) is 46.6 Å². The van der Waals surface area contributed by atoms with Gasteiger partial charge in [0.25, 0.3) is 5.91 Å². The maximum absolute atomic E-state index is 13.1. The number of benzene rings is 3. The third kappa shape index (κ3) is 5.02. The van der Waals surface area contributed by atoms with Gasteiger partial charge >= 0.3 is 0 Å². The zero-order valence-corrected chi connectivity index (χ0v) is 22.0. The topological polar surface area (TPSA) is 90.9 Å². The maximum atomic E-state index is 13.1. The predicted octanol–water partition coefficient (Wildman–Crippen LogP) is 6.14. The number of hydrogen-bond acceptors (Lipinski definition) is 7. The van der Waals surface area contributed by atoms with Crippen LogP contribution >= 0.6 is 0 Å². The second-order valence-electron chi connectivity index (χ2n) is 9.10. The van der Waals surface area contributed by atoms with Gasteiger partial charge in [0, 0.05) is 40.2 Å². The summed E-state index contributed by atoms with van der Waals surface area (Å²) in [6, 6.07) is 16.6. The molecule has 2 N–H and O–H groups in total. The molecule has 1 amide bonds. The number of methoxy groups -OCH3 is 4. The molecule has 0 fully saturated rings. The van der Waals surface area contributed by atoms with Gasteiger partial charge in [-0.15, -0.1) is 0 Å². The van der Waals surface area contributed by atoms with Crippen LogP contribution < -0.4 is 29.6 Å². The molecule has 196 valence electrons. The number of amides is 1. The van der Waals surface area contributed by atoms with E-state index in [9.17, 15) is 4.79 Å². The van der Waals surface area contributed by atoms with E-state index in [0.717, 1.165) is 53.7 Å². The minimum atomic E-state index is -0.262. The van der Waals surface area contributed by atoms with Gasteiger partial charge in [0.1, 0.15) is 11.5 Å². The number of hydrogen-bond donors (Lipinski definition) is 2. The summed E-state index contributed by atoms with van der Waals surface area (Å²) in [5, 5.41) is 7.57. The molecule has 0 spiro atoms. The first kappa shape index (κ1) is 25.2. The molecule has 0 saturated carbocycles.